The number of benzene rings is 3. The van der Waals surface area contributed by atoms with Gasteiger partial charge < -0.3 is 5.32 Å². The molecule has 1 saturated carbocycles. The van der Waals surface area contributed by atoms with Gasteiger partial charge in [0.2, 0.25) is 21.8 Å². The van der Waals surface area contributed by atoms with Crippen LogP contribution in [-0.2, 0) is 26.2 Å². The van der Waals surface area contributed by atoms with Crippen LogP contribution in [0.4, 0.5) is 10.1 Å². The molecule has 224 valence electrons. The highest BCUT2D eigenvalue weighted by atomic mass is 35.5. The molecule has 1 aliphatic carbocycles. The van der Waals surface area contributed by atoms with Gasteiger partial charge >= 0.3 is 0 Å². The second-order valence-corrected chi connectivity index (χ2v) is 13.4. The third-order valence-electron chi connectivity index (χ3n) is 8.02. The fourth-order valence-corrected chi connectivity index (χ4v) is 7.83. The summed E-state index contributed by atoms with van der Waals surface area (Å²) in [6.07, 6.45) is 4.59. The molecule has 3 aromatic carbocycles. The van der Waals surface area contributed by atoms with Crippen molar-refractivity contribution >= 4 is 39.1 Å². The van der Waals surface area contributed by atoms with Gasteiger partial charge in [-0.1, -0.05) is 67.3 Å². The van der Waals surface area contributed by atoms with Crippen LogP contribution < -0.4 is 10.2 Å². The van der Waals surface area contributed by atoms with Crippen molar-refractivity contribution in [2.75, 3.05) is 10.7 Å². The lowest BCUT2D eigenvalue weighted by molar-refractivity contribution is -0.128. The number of nitrogens with zero attached hydrogens (tertiary/aromatic N) is 3. The van der Waals surface area contributed by atoms with Gasteiger partial charge in [-0.2, -0.15) is 9.57 Å². The van der Waals surface area contributed by atoms with Gasteiger partial charge in [-0.25, -0.2) is 12.8 Å². The van der Waals surface area contributed by atoms with E-state index in [-0.39, 0.29) is 35.5 Å². The van der Waals surface area contributed by atoms with Crippen LogP contribution in [0.15, 0.2) is 72.8 Å². The van der Waals surface area contributed by atoms with E-state index in [2.05, 4.69) is 5.32 Å². The van der Waals surface area contributed by atoms with Gasteiger partial charge in [0, 0.05) is 28.9 Å². The van der Waals surface area contributed by atoms with E-state index >= 15 is 0 Å². The molecule has 1 aliphatic heterocycles. The molecule has 3 aromatic rings. The Hall–Kier alpha value is -3.78. The summed E-state index contributed by atoms with van der Waals surface area (Å²) < 4.78 is 42.3. The van der Waals surface area contributed by atoms with Crippen LogP contribution in [0, 0.1) is 17.1 Å². The number of rotatable bonds is 8. The third-order valence-corrected chi connectivity index (χ3v) is 10.2. The van der Waals surface area contributed by atoms with E-state index in [1.807, 2.05) is 6.07 Å². The molecule has 0 radical (unpaired) electrons. The molecule has 1 saturated heterocycles. The molecule has 5 rings (SSSR count). The Balaban J connectivity index is 1.59. The maximum atomic E-state index is 14.6. The highest BCUT2D eigenvalue weighted by Gasteiger charge is 2.46. The zero-order chi connectivity index (χ0) is 30.6. The predicted molar refractivity (Wildman–Crippen MR) is 162 cm³/mol. The molecule has 1 unspecified atom stereocenters. The first-order valence-corrected chi connectivity index (χ1v) is 16.3. The topological polar surface area (TPSA) is 111 Å². The lowest BCUT2D eigenvalue weighted by atomic mass is 9.94. The molecule has 2 amide bonds. The molecule has 2 fully saturated rings. The van der Waals surface area contributed by atoms with E-state index in [0.717, 1.165) is 42.5 Å². The SMILES string of the molecule is N#Cc1cccc(CN2[C@H](C(=O)N(c3cccc(F)c3)C(C(=O)NC3CCCCC3)c3ccccc3Cl)CCS2(=O)=O)c1. The Kier molecular flexibility index (Phi) is 9.45. The minimum Gasteiger partial charge on any atom is -0.351 e. The molecule has 2 atom stereocenters. The second-order valence-electron chi connectivity index (χ2n) is 10.9. The predicted octanol–water partition coefficient (Wildman–Crippen LogP) is 5.48. The molecule has 11 heteroatoms. The van der Waals surface area contributed by atoms with Crippen LogP contribution in [0.2, 0.25) is 5.02 Å². The maximum absolute atomic E-state index is 14.6. The number of amides is 2. The number of nitrogens with one attached hydrogen (secondary N) is 1. The molecule has 0 aromatic heterocycles. The van der Waals surface area contributed by atoms with Crippen molar-refractivity contribution in [1.82, 2.24) is 9.62 Å². The molecule has 43 heavy (non-hydrogen) atoms. The summed E-state index contributed by atoms with van der Waals surface area (Å²) in [5.74, 6) is -2.05. The second kappa shape index (κ2) is 13.2. The highest BCUT2D eigenvalue weighted by Crippen LogP contribution is 2.36. The summed E-state index contributed by atoms with van der Waals surface area (Å²) in [7, 11) is -3.86. The fraction of sp³-hybridized carbons (Fsp3) is 0.344. The molecule has 1 heterocycles. The number of carbonyl (C=O) groups is 2. The molecule has 0 bridgehead atoms. The van der Waals surface area contributed by atoms with E-state index in [9.17, 15) is 27.7 Å². The molecular weight excluding hydrogens is 591 g/mol. The van der Waals surface area contributed by atoms with Gasteiger partial charge in [0.15, 0.2) is 0 Å². The quantitative estimate of drug-likeness (QED) is 0.358. The van der Waals surface area contributed by atoms with Gasteiger partial charge in [0.1, 0.15) is 17.9 Å². The highest BCUT2D eigenvalue weighted by molar-refractivity contribution is 7.89. The summed E-state index contributed by atoms with van der Waals surface area (Å²) in [6.45, 7) is -0.143. The molecular formula is C32H32ClFN4O4S. The standard InChI is InChI=1S/C32H32ClFN4O4S/c33-28-15-5-4-14-27(28)30(31(39)36-25-11-2-1-3-12-25)38(26-13-7-10-24(34)19-26)32(40)29-16-17-43(41,42)37(29)21-23-9-6-8-22(18-23)20-35/h4-10,13-15,18-19,25,29-30H,1-3,11-12,16-17,21H2,(H,36,39)/t29-,30?/m0/s1. The summed E-state index contributed by atoms with van der Waals surface area (Å²) in [4.78, 5) is 29.9. The van der Waals surface area contributed by atoms with Crippen molar-refractivity contribution in [3.05, 3.63) is 100 Å². The third kappa shape index (κ3) is 6.90. The Labute approximate surface area is 256 Å². The smallest absolute Gasteiger partial charge is 0.248 e. The van der Waals surface area contributed by atoms with E-state index in [1.54, 1.807) is 48.5 Å². The Morgan fingerprint density at radius 3 is 2.49 bits per heavy atom. The van der Waals surface area contributed by atoms with Gasteiger partial charge in [0.05, 0.1) is 17.4 Å². The van der Waals surface area contributed by atoms with E-state index < -0.39 is 39.7 Å². The van der Waals surface area contributed by atoms with Crippen molar-refractivity contribution in [2.24, 2.45) is 0 Å². The summed E-state index contributed by atoms with van der Waals surface area (Å²) >= 11 is 6.62. The lowest BCUT2D eigenvalue weighted by Crippen LogP contribution is -2.52. The first kappa shape index (κ1) is 30.7. The van der Waals surface area contributed by atoms with Crippen molar-refractivity contribution in [3.63, 3.8) is 0 Å². The fourth-order valence-electron chi connectivity index (χ4n) is 5.90. The number of sulfonamides is 1. The minimum atomic E-state index is -3.86. The molecule has 2 aliphatic rings. The Morgan fingerprint density at radius 1 is 1.02 bits per heavy atom. The first-order chi connectivity index (χ1) is 20.7. The van der Waals surface area contributed by atoms with Gasteiger partial charge in [-0.05, 0) is 61.2 Å². The maximum Gasteiger partial charge on any atom is 0.248 e. The summed E-state index contributed by atoms with van der Waals surface area (Å²) in [5, 5.41) is 12.7. The number of carbonyl (C=O) groups excluding carboxylic acids is 2. The van der Waals surface area contributed by atoms with Crippen LogP contribution in [0.25, 0.3) is 0 Å². The first-order valence-electron chi connectivity index (χ1n) is 14.3. The monoisotopic (exact) mass is 622 g/mol. The number of halogens is 2. The van der Waals surface area contributed by atoms with Gasteiger partial charge in [0.25, 0.3) is 0 Å². The van der Waals surface area contributed by atoms with Crippen molar-refractivity contribution in [1.29, 1.82) is 5.26 Å². The van der Waals surface area contributed by atoms with Crippen LogP contribution in [0.1, 0.15) is 61.3 Å². The van der Waals surface area contributed by atoms with Crippen molar-refractivity contribution in [3.8, 4) is 6.07 Å². The van der Waals surface area contributed by atoms with Crippen molar-refractivity contribution < 1.29 is 22.4 Å². The molecule has 1 N–H and O–H groups in total. The van der Waals surface area contributed by atoms with Crippen molar-refractivity contribution in [2.45, 2.75) is 63.2 Å². The zero-order valence-corrected chi connectivity index (χ0v) is 25.0. The summed E-state index contributed by atoms with van der Waals surface area (Å²) in [6, 6.07) is 18.0. The molecule has 0 spiro atoms. The number of hydrogen-bond acceptors (Lipinski definition) is 5. The average molecular weight is 623 g/mol. The van der Waals surface area contributed by atoms with E-state index in [1.165, 1.54) is 23.1 Å². The minimum absolute atomic E-state index is 0.0234. The van der Waals surface area contributed by atoms with Crippen LogP contribution in [0.3, 0.4) is 0 Å². The number of anilines is 1. The number of hydrogen-bond donors (Lipinski definition) is 1. The van der Waals surface area contributed by atoms with Crippen LogP contribution >= 0.6 is 11.6 Å². The number of nitriles is 1. The van der Waals surface area contributed by atoms with Crippen LogP contribution in [0.5, 0.6) is 0 Å². The largest absolute Gasteiger partial charge is 0.351 e. The zero-order valence-electron chi connectivity index (χ0n) is 23.5. The lowest BCUT2D eigenvalue weighted by Gasteiger charge is -2.36. The molecule has 8 nitrogen and oxygen atoms in total. The normalized spacial score (nSPS) is 19.3. The van der Waals surface area contributed by atoms with E-state index in [0.29, 0.717) is 16.7 Å². The summed E-state index contributed by atoms with van der Waals surface area (Å²) in [5.41, 5.74) is 1.34. The van der Waals surface area contributed by atoms with Gasteiger partial charge in [-0.15, -0.1) is 0 Å². The Morgan fingerprint density at radius 2 is 1.77 bits per heavy atom. The van der Waals surface area contributed by atoms with E-state index in [4.69, 9.17) is 11.6 Å². The van der Waals surface area contributed by atoms with Crippen LogP contribution in [-0.4, -0.2) is 42.4 Å². The van der Waals surface area contributed by atoms with Gasteiger partial charge in [-0.3, -0.25) is 14.5 Å². The average Bonchev–Trinajstić information content (AvgIpc) is 3.30. The Bertz CT molecular complexity index is 1650.